The van der Waals surface area contributed by atoms with Crippen LogP contribution in [-0.4, -0.2) is 25.8 Å². The molecule has 0 heterocycles. The van der Waals surface area contributed by atoms with Crippen LogP contribution in [0, 0.1) is 0 Å². The summed E-state index contributed by atoms with van der Waals surface area (Å²) in [5.41, 5.74) is 7.12. The summed E-state index contributed by atoms with van der Waals surface area (Å²) in [5, 5.41) is 0. The van der Waals surface area contributed by atoms with E-state index in [2.05, 4.69) is 0 Å². The van der Waals surface area contributed by atoms with Crippen LogP contribution in [0.25, 0.3) is 0 Å². The van der Waals surface area contributed by atoms with E-state index in [4.69, 9.17) is 15.2 Å². The quantitative estimate of drug-likeness (QED) is 0.605. The first-order valence-corrected chi connectivity index (χ1v) is 5.14. The fourth-order valence-corrected chi connectivity index (χ4v) is 1.40. The molecule has 0 saturated carbocycles. The fraction of sp³-hybridized carbons (Fsp3) is 0.417. The number of esters is 1. The van der Waals surface area contributed by atoms with E-state index in [-0.39, 0.29) is 18.5 Å². The maximum atomic E-state index is 11.5. The first kappa shape index (κ1) is 12.5. The number of methoxy groups -OCH3 is 1. The predicted octanol–water partition coefficient (Wildman–Crippen LogP) is 1.39. The number of hydrogen-bond acceptors (Lipinski definition) is 4. The van der Waals surface area contributed by atoms with Crippen LogP contribution in [0.15, 0.2) is 24.3 Å². The van der Waals surface area contributed by atoms with Crippen molar-refractivity contribution in [2.24, 2.45) is 0 Å². The number of rotatable bonds is 5. The van der Waals surface area contributed by atoms with E-state index >= 15 is 0 Å². The molecule has 0 radical (unpaired) electrons. The van der Waals surface area contributed by atoms with Gasteiger partial charge >= 0.3 is 5.97 Å². The van der Waals surface area contributed by atoms with Gasteiger partial charge in [-0.15, -0.1) is 0 Å². The molecule has 2 N–H and O–H groups in total. The Kier molecular flexibility index (Phi) is 4.79. The number of hydrogen-bond donors (Lipinski definition) is 1. The van der Waals surface area contributed by atoms with E-state index in [1.807, 2.05) is 12.1 Å². The Bertz CT molecular complexity index is 352. The zero-order valence-electron chi connectivity index (χ0n) is 9.60. The minimum Gasteiger partial charge on any atom is -0.460 e. The second-order valence-corrected chi connectivity index (χ2v) is 3.68. The molecule has 1 rings (SSSR count). The topological polar surface area (TPSA) is 61.5 Å². The van der Waals surface area contributed by atoms with Crippen molar-refractivity contribution in [3.8, 4) is 0 Å². The van der Waals surface area contributed by atoms with Gasteiger partial charge in [-0.25, -0.2) is 0 Å². The molecule has 1 atom stereocenters. The predicted molar refractivity (Wildman–Crippen MR) is 62.0 cm³/mol. The van der Waals surface area contributed by atoms with Crippen molar-refractivity contribution in [2.45, 2.75) is 19.4 Å². The summed E-state index contributed by atoms with van der Waals surface area (Å²) in [5.74, 6) is -0.268. The second kappa shape index (κ2) is 6.12. The maximum absolute atomic E-state index is 11.5. The number of nitrogens with two attached hydrogens (primary N) is 1. The summed E-state index contributed by atoms with van der Waals surface area (Å²) in [6, 6.07) is 7.21. The molecule has 88 valence electrons. The van der Waals surface area contributed by atoms with Crippen molar-refractivity contribution < 1.29 is 14.3 Å². The Balaban J connectivity index is 2.45. The van der Waals surface area contributed by atoms with E-state index in [0.717, 1.165) is 5.56 Å². The summed E-state index contributed by atoms with van der Waals surface area (Å²) >= 11 is 0. The highest BCUT2D eigenvalue weighted by molar-refractivity contribution is 5.73. The van der Waals surface area contributed by atoms with Gasteiger partial charge in [0.05, 0.1) is 13.0 Å². The molecule has 0 amide bonds. The minimum absolute atomic E-state index is 0.224. The standard InChI is InChI=1S/C12H17NO3/c1-9(8-15-2)16-12(14)7-10-4-3-5-11(13)6-10/h3-6,9H,7-8,13H2,1-2H3. The van der Waals surface area contributed by atoms with Gasteiger partial charge in [-0.05, 0) is 24.6 Å². The van der Waals surface area contributed by atoms with E-state index in [0.29, 0.717) is 12.3 Å². The van der Waals surface area contributed by atoms with Crippen molar-refractivity contribution in [2.75, 3.05) is 19.5 Å². The molecular weight excluding hydrogens is 206 g/mol. The molecule has 4 nitrogen and oxygen atoms in total. The molecule has 0 spiro atoms. The molecule has 0 bridgehead atoms. The molecule has 0 aromatic heterocycles. The Hall–Kier alpha value is -1.55. The molecule has 0 aliphatic heterocycles. The number of nitrogen functional groups attached to an aromatic ring is 1. The molecule has 0 saturated heterocycles. The minimum atomic E-state index is -0.268. The zero-order chi connectivity index (χ0) is 12.0. The van der Waals surface area contributed by atoms with Crippen molar-refractivity contribution in [3.05, 3.63) is 29.8 Å². The van der Waals surface area contributed by atoms with Crippen molar-refractivity contribution in [1.29, 1.82) is 0 Å². The summed E-state index contributed by atoms with van der Waals surface area (Å²) in [6.45, 7) is 2.20. The number of carbonyl (C=O) groups is 1. The molecule has 16 heavy (non-hydrogen) atoms. The van der Waals surface area contributed by atoms with Crippen LogP contribution < -0.4 is 5.73 Å². The van der Waals surface area contributed by atoms with Gasteiger partial charge < -0.3 is 15.2 Å². The number of benzene rings is 1. The largest absolute Gasteiger partial charge is 0.460 e. The summed E-state index contributed by atoms with van der Waals surface area (Å²) in [7, 11) is 1.57. The monoisotopic (exact) mass is 223 g/mol. The third kappa shape index (κ3) is 4.31. The van der Waals surface area contributed by atoms with Crippen LogP contribution in [0.4, 0.5) is 5.69 Å². The maximum Gasteiger partial charge on any atom is 0.310 e. The van der Waals surface area contributed by atoms with E-state index < -0.39 is 0 Å². The zero-order valence-corrected chi connectivity index (χ0v) is 9.60. The Labute approximate surface area is 95.3 Å². The fourth-order valence-electron chi connectivity index (χ4n) is 1.40. The Morgan fingerprint density at radius 2 is 2.25 bits per heavy atom. The first-order chi connectivity index (χ1) is 7.61. The van der Waals surface area contributed by atoms with Crippen LogP contribution in [0.3, 0.4) is 0 Å². The lowest BCUT2D eigenvalue weighted by Gasteiger charge is -2.12. The van der Waals surface area contributed by atoms with Gasteiger partial charge in [-0.1, -0.05) is 12.1 Å². The molecule has 1 unspecified atom stereocenters. The van der Waals surface area contributed by atoms with Crippen LogP contribution in [-0.2, 0) is 20.7 Å². The molecule has 1 aromatic rings. The van der Waals surface area contributed by atoms with E-state index in [1.54, 1.807) is 26.2 Å². The van der Waals surface area contributed by atoms with Gasteiger partial charge in [0, 0.05) is 12.8 Å². The molecule has 0 aliphatic rings. The SMILES string of the molecule is COCC(C)OC(=O)Cc1cccc(N)c1. The van der Waals surface area contributed by atoms with Crippen molar-refractivity contribution >= 4 is 11.7 Å². The highest BCUT2D eigenvalue weighted by atomic mass is 16.6. The highest BCUT2D eigenvalue weighted by Gasteiger charge is 2.09. The normalized spacial score (nSPS) is 12.1. The lowest BCUT2D eigenvalue weighted by atomic mass is 10.1. The second-order valence-electron chi connectivity index (χ2n) is 3.68. The van der Waals surface area contributed by atoms with Gasteiger partial charge in [-0.2, -0.15) is 0 Å². The lowest BCUT2D eigenvalue weighted by molar-refractivity contribution is -0.149. The number of ether oxygens (including phenoxy) is 2. The van der Waals surface area contributed by atoms with Crippen LogP contribution >= 0.6 is 0 Å². The van der Waals surface area contributed by atoms with E-state index in [9.17, 15) is 4.79 Å². The van der Waals surface area contributed by atoms with Crippen molar-refractivity contribution in [1.82, 2.24) is 0 Å². The molecular formula is C12H17NO3. The Morgan fingerprint density at radius 3 is 2.88 bits per heavy atom. The van der Waals surface area contributed by atoms with Gasteiger partial charge in [0.25, 0.3) is 0 Å². The Morgan fingerprint density at radius 1 is 1.50 bits per heavy atom. The number of carbonyl (C=O) groups excluding carboxylic acids is 1. The molecule has 0 aliphatic carbocycles. The van der Waals surface area contributed by atoms with E-state index in [1.165, 1.54) is 0 Å². The number of anilines is 1. The van der Waals surface area contributed by atoms with Crippen LogP contribution in [0.5, 0.6) is 0 Å². The van der Waals surface area contributed by atoms with Crippen molar-refractivity contribution in [3.63, 3.8) is 0 Å². The van der Waals surface area contributed by atoms with Gasteiger partial charge in [0.2, 0.25) is 0 Å². The average Bonchev–Trinajstić information content (AvgIpc) is 2.17. The van der Waals surface area contributed by atoms with Crippen LogP contribution in [0.1, 0.15) is 12.5 Å². The molecule has 0 fully saturated rings. The molecule has 4 heteroatoms. The highest BCUT2D eigenvalue weighted by Crippen LogP contribution is 2.08. The summed E-state index contributed by atoms with van der Waals surface area (Å²) in [6.07, 6.45) is 0.0117. The summed E-state index contributed by atoms with van der Waals surface area (Å²) in [4.78, 5) is 11.5. The summed E-state index contributed by atoms with van der Waals surface area (Å²) < 4.78 is 10.0. The first-order valence-electron chi connectivity index (χ1n) is 5.14. The third-order valence-corrected chi connectivity index (χ3v) is 2.03. The van der Waals surface area contributed by atoms with Gasteiger partial charge in [-0.3, -0.25) is 4.79 Å². The van der Waals surface area contributed by atoms with Gasteiger partial charge in [0.15, 0.2) is 0 Å². The average molecular weight is 223 g/mol. The van der Waals surface area contributed by atoms with Gasteiger partial charge in [0.1, 0.15) is 6.10 Å². The lowest BCUT2D eigenvalue weighted by Crippen LogP contribution is -2.20. The smallest absolute Gasteiger partial charge is 0.310 e. The molecule has 1 aromatic carbocycles. The van der Waals surface area contributed by atoms with Crippen LogP contribution in [0.2, 0.25) is 0 Å². The third-order valence-electron chi connectivity index (χ3n) is 2.03.